The first-order chi connectivity index (χ1) is 14.5. The summed E-state index contributed by atoms with van der Waals surface area (Å²) in [6.45, 7) is 12.4. The number of nitrogens with two attached hydrogens (primary N) is 1. The number of isocyanates is 1. The number of hydrogen-bond acceptors (Lipinski definition) is 6. The Morgan fingerprint density at radius 1 is 1.06 bits per heavy atom. The van der Waals surface area contributed by atoms with Gasteiger partial charge in [0.05, 0.1) is 16.3 Å². The maximum atomic E-state index is 11.1. The summed E-state index contributed by atoms with van der Waals surface area (Å²) in [7, 11) is -3.68. The molecule has 0 atom stereocenters. The lowest BCUT2D eigenvalue weighted by Crippen LogP contribution is -2.12. The van der Waals surface area contributed by atoms with Crippen molar-refractivity contribution in [1.29, 1.82) is 0 Å². The van der Waals surface area contributed by atoms with Gasteiger partial charge in [0.25, 0.3) is 0 Å². The minimum Gasteiger partial charge on any atom is -0.396 e. The molecule has 0 aliphatic carbocycles. The van der Waals surface area contributed by atoms with E-state index in [2.05, 4.69) is 37.8 Å². The minimum absolute atomic E-state index is 0.0658. The Balaban J connectivity index is 0.000000311. The van der Waals surface area contributed by atoms with Crippen LogP contribution in [0.5, 0.6) is 0 Å². The summed E-state index contributed by atoms with van der Waals surface area (Å²) in [5, 5.41) is 8.84. The van der Waals surface area contributed by atoms with Crippen LogP contribution in [0.4, 0.5) is 5.69 Å². The molecule has 0 fully saturated rings. The van der Waals surface area contributed by atoms with Gasteiger partial charge in [0.15, 0.2) is 0 Å². The lowest BCUT2D eigenvalue weighted by Gasteiger charge is -2.14. The van der Waals surface area contributed by atoms with Crippen LogP contribution in [0.25, 0.3) is 0 Å². The number of carbonyl (C=O) groups excluding carboxylic acids is 1. The second kappa shape index (κ2) is 12.2. The second-order valence-corrected chi connectivity index (χ2v) is 9.03. The van der Waals surface area contributed by atoms with E-state index in [0.29, 0.717) is 29.7 Å². The highest BCUT2D eigenvalue weighted by molar-refractivity contribution is 7.89. The van der Waals surface area contributed by atoms with Crippen LogP contribution in [0.2, 0.25) is 0 Å². The molecule has 2 aromatic rings. The lowest BCUT2D eigenvalue weighted by atomic mass is 9.93. The van der Waals surface area contributed by atoms with Gasteiger partial charge in [0.2, 0.25) is 16.1 Å². The molecule has 0 bridgehead atoms. The van der Waals surface area contributed by atoms with E-state index in [1.807, 2.05) is 25.1 Å². The first-order valence-corrected chi connectivity index (χ1v) is 11.6. The molecule has 0 aliphatic rings. The molecule has 2 aromatic carbocycles. The summed E-state index contributed by atoms with van der Waals surface area (Å²) in [6.07, 6.45) is 1.65. The highest BCUT2D eigenvalue weighted by atomic mass is 32.2. The Bertz CT molecular complexity index is 1030. The molecular weight excluding hydrogens is 414 g/mol. The van der Waals surface area contributed by atoms with Crippen molar-refractivity contribution in [2.24, 2.45) is 15.3 Å². The van der Waals surface area contributed by atoms with Crippen molar-refractivity contribution < 1.29 is 18.0 Å². The normalized spacial score (nSPS) is 11.6. The molecule has 0 spiro atoms. The van der Waals surface area contributed by atoms with Crippen LogP contribution in [-0.4, -0.2) is 26.8 Å². The highest BCUT2D eigenvalue weighted by Crippen LogP contribution is 2.34. The van der Waals surface area contributed by atoms with E-state index in [1.165, 1.54) is 12.1 Å². The Morgan fingerprint density at radius 2 is 1.61 bits per heavy atom. The van der Waals surface area contributed by atoms with Crippen molar-refractivity contribution >= 4 is 27.5 Å². The van der Waals surface area contributed by atoms with Crippen molar-refractivity contribution in [2.75, 3.05) is 6.61 Å². The Morgan fingerprint density at radius 3 is 2.06 bits per heavy atom. The van der Waals surface area contributed by atoms with E-state index in [-0.39, 0.29) is 4.90 Å². The van der Waals surface area contributed by atoms with Gasteiger partial charge in [-0.3, -0.25) is 0 Å². The average molecular weight is 446 g/mol. The highest BCUT2D eigenvalue weighted by Gasteiger charge is 2.12. The Hall–Kier alpha value is -2.80. The summed E-state index contributed by atoms with van der Waals surface area (Å²) in [4.78, 5) is 19.2. The van der Waals surface area contributed by atoms with E-state index in [4.69, 9.17) is 9.98 Å². The fourth-order valence-electron chi connectivity index (χ4n) is 2.80. The topological polar surface area (TPSA) is 111 Å². The Kier molecular flexibility index (Phi) is 10.3. The van der Waals surface area contributed by atoms with Gasteiger partial charge in [-0.15, -0.1) is 0 Å². The van der Waals surface area contributed by atoms with Crippen molar-refractivity contribution in [1.82, 2.24) is 0 Å². The molecule has 0 saturated heterocycles. The number of nitrogens with zero attached hydrogens (tertiary/aromatic N) is 2. The SMILES string of the molecule is CC(C)c1cccc(C(C)C)c1N=C=O.CCON=C(C)c1cccc(S(N)(=O)=O)c1. The van der Waals surface area contributed by atoms with E-state index < -0.39 is 10.0 Å². The summed E-state index contributed by atoms with van der Waals surface area (Å²) < 4.78 is 22.3. The molecule has 0 radical (unpaired) electrons. The van der Waals surface area contributed by atoms with Gasteiger partial charge in [0.1, 0.15) is 6.61 Å². The third kappa shape index (κ3) is 8.09. The van der Waals surface area contributed by atoms with Crippen LogP contribution in [0, 0.1) is 0 Å². The maximum absolute atomic E-state index is 11.1. The third-order valence-corrected chi connectivity index (χ3v) is 5.32. The predicted molar refractivity (Wildman–Crippen MR) is 124 cm³/mol. The zero-order valence-electron chi connectivity index (χ0n) is 18.9. The molecule has 2 N–H and O–H groups in total. The maximum Gasteiger partial charge on any atom is 0.240 e. The molecule has 0 aliphatic heterocycles. The third-order valence-electron chi connectivity index (χ3n) is 4.41. The van der Waals surface area contributed by atoms with Gasteiger partial charge in [-0.05, 0) is 48.9 Å². The molecule has 0 amide bonds. The second-order valence-electron chi connectivity index (χ2n) is 7.46. The molecule has 0 aromatic heterocycles. The molecular formula is C23H31N3O4S. The summed E-state index contributed by atoms with van der Waals surface area (Å²) in [5.41, 5.74) is 4.30. The van der Waals surface area contributed by atoms with E-state index in [9.17, 15) is 13.2 Å². The first-order valence-electron chi connectivity index (χ1n) is 10.0. The minimum atomic E-state index is -3.68. The van der Waals surface area contributed by atoms with Crippen molar-refractivity contribution in [2.45, 2.75) is 58.3 Å². The van der Waals surface area contributed by atoms with Crippen LogP contribution < -0.4 is 5.14 Å². The molecule has 168 valence electrons. The molecule has 31 heavy (non-hydrogen) atoms. The number of oxime groups is 1. The van der Waals surface area contributed by atoms with Crippen LogP contribution in [0.1, 0.15) is 70.1 Å². The van der Waals surface area contributed by atoms with Gasteiger partial charge in [-0.2, -0.15) is 4.99 Å². The summed E-state index contributed by atoms with van der Waals surface area (Å²) >= 11 is 0. The largest absolute Gasteiger partial charge is 0.396 e. The van der Waals surface area contributed by atoms with Crippen molar-refractivity contribution in [3.8, 4) is 0 Å². The summed E-state index contributed by atoms with van der Waals surface area (Å²) in [5.74, 6) is 0.742. The number of aliphatic imine (C=N–C) groups is 1. The molecule has 2 rings (SSSR count). The lowest BCUT2D eigenvalue weighted by molar-refractivity contribution is 0.159. The predicted octanol–water partition coefficient (Wildman–Crippen LogP) is 5.00. The number of primary sulfonamides is 1. The van der Waals surface area contributed by atoms with Gasteiger partial charge in [-0.25, -0.2) is 18.4 Å². The fourth-order valence-corrected chi connectivity index (χ4v) is 3.36. The molecule has 0 heterocycles. The molecule has 0 unspecified atom stereocenters. The van der Waals surface area contributed by atoms with E-state index in [1.54, 1.807) is 25.1 Å². The standard InChI is InChI=1S/C13H17NO.C10H14N2O3S/c1-9(2)11-6-5-7-12(10(3)4)13(11)14-8-15;1-3-15-12-8(2)9-5-4-6-10(7-9)16(11,13)14/h5-7,9-10H,1-4H3;4-7H,3H2,1-2H3,(H2,11,13,14). The number of hydrogen-bond donors (Lipinski definition) is 1. The molecule has 8 heteroatoms. The van der Waals surface area contributed by atoms with Gasteiger partial charge in [0, 0.05) is 5.56 Å². The summed E-state index contributed by atoms with van der Waals surface area (Å²) in [6, 6.07) is 12.3. The zero-order chi connectivity index (χ0) is 23.6. The Labute approximate surface area is 185 Å². The average Bonchev–Trinajstić information content (AvgIpc) is 2.72. The van der Waals surface area contributed by atoms with Crippen LogP contribution >= 0.6 is 0 Å². The van der Waals surface area contributed by atoms with Gasteiger partial charge in [-0.1, -0.05) is 63.2 Å². The van der Waals surface area contributed by atoms with Crippen LogP contribution in [0.15, 0.2) is 57.5 Å². The quantitative estimate of drug-likeness (QED) is 0.367. The number of sulfonamides is 1. The monoisotopic (exact) mass is 445 g/mol. The van der Waals surface area contributed by atoms with Crippen molar-refractivity contribution in [3.05, 3.63) is 59.2 Å². The van der Waals surface area contributed by atoms with E-state index in [0.717, 1.165) is 16.8 Å². The number of rotatable bonds is 7. The first kappa shape index (κ1) is 26.2. The number of benzene rings is 2. The molecule has 0 saturated carbocycles. The van der Waals surface area contributed by atoms with Crippen LogP contribution in [0.3, 0.4) is 0 Å². The van der Waals surface area contributed by atoms with E-state index >= 15 is 0 Å². The molecule has 7 nitrogen and oxygen atoms in total. The van der Waals surface area contributed by atoms with Crippen molar-refractivity contribution in [3.63, 3.8) is 0 Å². The van der Waals surface area contributed by atoms with Crippen LogP contribution in [-0.2, 0) is 19.7 Å². The van der Waals surface area contributed by atoms with Gasteiger partial charge < -0.3 is 4.84 Å². The van der Waals surface area contributed by atoms with Gasteiger partial charge >= 0.3 is 0 Å². The zero-order valence-corrected chi connectivity index (χ0v) is 19.7. The number of para-hydroxylation sites is 1. The smallest absolute Gasteiger partial charge is 0.240 e. The fraction of sp³-hybridized carbons (Fsp3) is 0.391.